The van der Waals surface area contributed by atoms with Crippen LogP contribution < -0.4 is 0 Å². The molecule has 0 radical (unpaired) electrons. The standard InChI is InChI=1S/C37H52O5S2Si/c1-12-40-35(38)37(36(39)41-13-2,30-16-14-15-17-31(30)42-45(9,10)11)19-18-32(43-33-26(5)20-24(3)21-27(33)6)44-34-28(7)22-25(4)23-29(34)8/h16-17,20-23,32H,12-15,18-19H2,1-11H3. The largest absolute Gasteiger partial charge is 0.544 e. The summed E-state index contributed by atoms with van der Waals surface area (Å²) in [6, 6.07) is 8.88. The van der Waals surface area contributed by atoms with Gasteiger partial charge in [-0.3, -0.25) is 9.59 Å². The lowest BCUT2D eigenvalue weighted by Crippen LogP contribution is -2.46. The van der Waals surface area contributed by atoms with E-state index >= 15 is 0 Å². The van der Waals surface area contributed by atoms with Crippen molar-refractivity contribution in [2.45, 2.75) is 115 Å². The number of ether oxygens (including phenoxy) is 2. The van der Waals surface area contributed by atoms with Gasteiger partial charge >= 0.3 is 11.9 Å². The highest BCUT2D eigenvalue weighted by Crippen LogP contribution is 2.48. The molecule has 0 amide bonds. The number of thioether (sulfide) groups is 2. The van der Waals surface area contributed by atoms with Crippen molar-refractivity contribution in [2.24, 2.45) is 5.41 Å². The van der Waals surface area contributed by atoms with E-state index in [9.17, 15) is 9.59 Å². The van der Waals surface area contributed by atoms with Gasteiger partial charge in [0.15, 0.2) is 5.41 Å². The predicted molar refractivity (Wildman–Crippen MR) is 192 cm³/mol. The van der Waals surface area contributed by atoms with Crippen molar-refractivity contribution in [3.63, 3.8) is 0 Å². The SMILES string of the molecule is CCOC(=O)C(CCC(Sc1c(C)cc(C)cc1C)Sc1c(C)cc(C)cc1C)(C(=O)OCC)C1=CCCC=C1O[Si](C)(C)C. The lowest BCUT2D eigenvalue weighted by molar-refractivity contribution is -0.169. The van der Waals surface area contributed by atoms with E-state index in [1.807, 2.05) is 35.7 Å². The van der Waals surface area contributed by atoms with Crippen molar-refractivity contribution in [3.05, 3.63) is 81.1 Å². The molecule has 0 N–H and O–H groups in total. The molecule has 0 aliphatic heterocycles. The van der Waals surface area contributed by atoms with Crippen LogP contribution in [0.1, 0.15) is 72.9 Å². The van der Waals surface area contributed by atoms with Gasteiger partial charge in [0.25, 0.3) is 0 Å². The molecule has 5 nitrogen and oxygen atoms in total. The van der Waals surface area contributed by atoms with Crippen molar-refractivity contribution >= 4 is 43.8 Å². The highest BCUT2D eigenvalue weighted by molar-refractivity contribution is 8.17. The predicted octanol–water partition coefficient (Wildman–Crippen LogP) is 10.1. The Kier molecular flexibility index (Phi) is 13.1. The molecular formula is C37H52O5S2Si. The maximum absolute atomic E-state index is 14.2. The third kappa shape index (κ3) is 9.32. The minimum Gasteiger partial charge on any atom is -0.544 e. The normalized spacial score (nSPS) is 13.8. The van der Waals surface area contributed by atoms with Gasteiger partial charge in [-0.2, -0.15) is 0 Å². The fraction of sp³-hybridized carbons (Fsp3) is 0.514. The first-order valence-electron chi connectivity index (χ1n) is 16.1. The zero-order chi connectivity index (χ0) is 33.5. The van der Waals surface area contributed by atoms with Crippen molar-refractivity contribution in [2.75, 3.05) is 13.2 Å². The zero-order valence-corrected chi connectivity index (χ0v) is 31.8. The van der Waals surface area contributed by atoms with Gasteiger partial charge in [0.05, 0.1) is 17.8 Å². The molecule has 8 heteroatoms. The number of carbonyl (C=O) groups excluding carboxylic acids is 2. The van der Waals surface area contributed by atoms with Crippen LogP contribution in [-0.4, -0.2) is 38.1 Å². The number of aryl methyl sites for hydroxylation is 6. The lowest BCUT2D eigenvalue weighted by atomic mass is 9.73. The summed E-state index contributed by atoms with van der Waals surface area (Å²) in [7, 11) is -2.07. The first-order chi connectivity index (χ1) is 21.1. The molecule has 0 spiro atoms. The van der Waals surface area contributed by atoms with Gasteiger partial charge < -0.3 is 13.9 Å². The van der Waals surface area contributed by atoms with Gasteiger partial charge in [0.2, 0.25) is 8.32 Å². The number of benzene rings is 2. The lowest BCUT2D eigenvalue weighted by Gasteiger charge is -2.36. The Morgan fingerprint density at radius 1 is 0.756 bits per heavy atom. The Hall–Kier alpha value is -2.42. The molecule has 0 bridgehead atoms. The van der Waals surface area contributed by atoms with E-state index in [1.54, 1.807) is 13.8 Å². The summed E-state index contributed by atoms with van der Waals surface area (Å²) in [6.07, 6.45) is 6.33. The van der Waals surface area contributed by atoms with E-state index in [2.05, 4.69) is 85.4 Å². The molecular weight excluding hydrogens is 617 g/mol. The molecule has 0 atom stereocenters. The maximum Gasteiger partial charge on any atom is 0.328 e. The van der Waals surface area contributed by atoms with E-state index < -0.39 is 25.7 Å². The number of hydrogen-bond acceptors (Lipinski definition) is 7. The van der Waals surface area contributed by atoms with Crippen LogP contribution in [0.4, 0.5) is 0 Å². The first-order valence-corrected chi connectivity index (χ1v) is 21.2. The molecule has 246 valence electrons. The number of esters is 2. The van der Waals surface area contributed by atoms with Crippen LogP contribution in [-0.2, 0) is 23.5 Å². The fourth-order valence-corrected chi connectivity index (χ4v) is 9.66. The zero-order valence-electron chi connectivity index (χ0n) is 29.1. The van der Waals surface area contributed by atoms with Gasteiger partial charge in [0.1, 0.15) is 5.76 Å². The number of rotatable bonds is 14. The summed E-state index contributed by atoms with van der Waals surface area (Å²) in [6.45, 7) is 23.1. The molecule has 45 heavy (non-hydrogen) atoms. The van der Waals surface area contributed by atoms with E-state index in [1.165, 1.54) is 43.2 Å². The molecule has 0 heterocycles. The molecule has 1 aliphatic rings. The van der Waals surface area contributed by atoms with Crippen LogP contribution in [0.25, 0.3) is 0 Å². The maximum atomic E-state index is 14.2. The second-order valence-corrected chi connectivity index (χ2v) is 20.1. The molecule has 0 saturated carbocycles. The van der Waals surface area contributed by atoms with Crippen molar-refractivity contribution < 1.29 is 23.5 Å². The number of allylic oxidation sites excluding steroid dienone is 3. The van der Waals surface area contributed by atoms with Crippen molar-refractivity contribution in [3.8, 4) is 0 Å². The molecule has 0 fully saturated rings. The smallest absolute Gasteiger partial charge is 0.328 e. The summed E-state index contributed by atoms with van der Waals surface area (Å²) in [5.74, 6) is -0.518. The Morgan fingerprint density at radius 3 is 1.58 bits per heavy atom. The van der Waals surface area contributed by atoms with Gasteiger partial charge in [-0.1, -0.05) is 41.5 Å². The van der Waals surface area contributed by atoms with Crippen LogP contribution in [0.15, 0.2) is 57.5 Å². The molecule has 3 rings (SSSR count). The van der Waals surface area contributed by atoms with Crippen molar-refractivity contribution in [1.29, 1.82) is 0 Å². The fourth-order valence-electron chi connectivity index (χ4n) is 6.06. The average molecular weight is 669 g/mol. The number of carbonyl (C=O) groups is 2. The minimum absolute atomic E-state index is 0.00275. The van der Waals surface area contributed by atoms with Crippen molar-refractivity contribution in [1.82, 2.24) is 0 Å². The molecule has 2 aromatic carbocycles. The molecule has 1 aliphatic carbocycles. The van der Waals surface area contributed by atoms with Gasteiger partial charge in [0, 0.05) is 15.4 Å². The topological polar surface area (TPSA) is 61.8 Å². The molecule has 0 unspecified atom stereocenters. The summed E-state index contributed by atoms with van der Waals surface area (Å²) in [5, 5.41) is 0. The Balaban J connectivity index is 2.16. The summed E-state index contributed by atoms with van der Waals surface area (Å²) >= 11 is 3.63. The van der Waals surface area contributed by atoms with E-state index in [0.29, 0.717) is 24.2 Å². The van der Waals surface area contributed by atoms with Crippen LogP contribution in [0.5, 0.6) is 0 Å². The van der Waals surface area contributed by atoms with Crippen LogP contribution in [0.3, 0.4) is 0 Å². The summed E-state index contributed by atoms with van der Waals surface area (Å²) in [5.41, 5.74) is 6.34. The second kappa shape index (κ2) is 15.9. The van der Waals surface area contributed by atoms with E-state index in [-0.39, 0.29) is 24.2 Å². The molecule has 0 saturated heterocycles. The number of hydrogen-bond donors (Lipinski definition) is 0. The Labute approximate surface area is 281 Å². The van der Waals surface area contributed by atoms with Gasteiger partial charge in [-0.15, -0.1) is 23.5 Å². The molecule has 0 aromatic heterocycles. The average Bonchev–Trinajstić information content (AvgIpc) is 2.92. The van der Waals surface area contributed by atoms with Crippen LogP contribution in [0.2, 0.25) is 19.6 Å². The minimum atomic E-state index is -2.07. The van der Waals surface area contributed by atoms with E-state index in [0.717, 1.165) is 6.42 Å². The highest BCUT2D eigenvalue weighted by Gasteiger charge is 2.54. The summed E-state index contributed by atoms with van der Waals surface area (Å²) < 4.78 is 18.0. The summed E-state index contributed by atoms with van der Waals surface area (Å²) in [4.78, 5) is 30.8. The van der Waals surface area contributed by atoms with Gasteiger partial charge in [-0.25, -0.2) is 0 Å². The Bertz CT molecular complexity index is 1330. The monoisotopic (exact) mass is 668 g/mol. The van der Waals surface area contributed by atoms with Crippen LogP contribution in [0, 0.1) is 47.0 Å². The quantitative estimate of drug-likeness (QED) is 0.0653. The third-order valence-corrected chi connectivity index (χ3v) is 11.9. The van der Waals surface area contributed by atoms with Crippen LogP contribution >= 0.6 is 23.5 Å². The third-order valence-electron chi connectivity index (χ3n) is 7.70. The second-order valence-electron chi connectivity index (χ2n) is 13.0. The van der Waals surface area contributed by atoms with Gasteiger partial charge in [-0.05, 0) is 129 Å². The molecule has 2 aromatic rings. The van der Waals surface area contributed by atoms with E-state index in [4.69, 9.17) is 13.9 Å². The highest BCUT2D eigenvalue weighted by atomic mass is 32.2. The first kappa shape index (κ1) is 37.0. The Morgan fingerprint density at radius 2 is 1.18 bits per heavy atom.